The van der Waals surface area contributed by atoms with Crippen LogP contribution in [0.1, 0.15) is 0 Å². The van der Waals surface area contributed by atoms with Gasteiger partial charge < -0.3 is 13.6 Å². The molecule has 9 aromatic rings. The van der Waals surface area contributed by atoms with Gasteiger partial charge in [0.2, 0.25) is 5.88 Å². The molecule has 0 spiro atoms. The predicted molar refractivity (Wildman–Crippen MR) is 171 cm³/mol. The topological polar surface area (TPSA) is 66.2 Å². The van der Waals surface area contributed by atoms with E-state index in [9.17, 15) is 0 Å². The van der Waals surface area contributed by atoms with E-state index in [1.54, 1.807) is 13.3 Å². The quantitative estimate of drug-likeness (QED) is 0.216. The Labute approximate surface area is 245 Å². The summed E-state index contributed by atoms with van der Waals surface area (Å²) in [5.41, 5.74) is 9.15. The number of aromatic nitrogens is 3. The first-order valence-corrected chi connectivity index (χ1v) is 14.1. The Bertz CT molecular complexity index is 2490. The van der Waals surface area contributed by atoms with E-state index in [2.05, 4.69) is 76.3 Å². The molecule has 0 N–H and O–H groups in total. The summed E-state index contributed by atoms with van der Waals surface area (Å²) in [4.78, 5) is 9.34. The fraction of sp³-hybridized carbons (Fsp3) is 0.0270. The average molecular weight is 558 g/mol. The van der Waals surface area contributed by atoms with Gasteiger partial charge in [-0.15, -0.1) is 0 Å². The number of fused-ring (bicyclic) bond motifs is 8. The zero-order valence-corrected chi connectivity index (χ0v) is 23.1. The average Bonchev–Trinajstić information content (AvgIpc) is 3.76. The Morgan fingerprint density at radius 2 is 1.30 bits per heavy atom. The molecule has 43 heavy (non-hydrogen) atoms. The summed E-state index contributed by atoms with van der Waals surface area (Å²) in [6, 6.07) is 39.4. The van der Waals surface area contributed by atoms with Crippen molar-refractivity contribution in [1.29, 1.82) is 0 Å². The number of nitrogens with zero attached hydrogens (tertiary/aromatic N) is 3. The van der Waals surface area contributed by atoms with Gasteiger partial charge in [-0.1, -0.05) is 66.7 Å². The lowest BCUT2D eigenvalue weighted by molar-refractivity contribution is 0.402. The van der Waals surface area contributed by atoms with E-state index in [4.69, 9.17) is 18.6 Å². The van der Waals surface area contributed by atoms with Gasteiger partial charge in [0.15, 0.2) is 16.7 Å². The second-order valence-electron chi connectivity index (χ2n) is 10.6. The van der Waals surface area contributed by atoms with Crippen LogP contribution in [0.5, 0.6) is 5.88 Å². The first kappa shape index (κ1) is 23.8. The predicted octanol–water partition coefficient (Wildman–Crippen LogP) is 9.56. The molecular formula is C37H23N3O3. The Kier molecular flexibility index (Phi) is 5.01. The fourth-order valence-electron chi connectivity index (χ4n) is 6.17. The minimum atomic E-state index is 0.505. The summed E-state index contributed by atoms with van der Waals surface area (Å²) in [6.07, 6.45) is 1.76. The molecular weight excluding hydrogens is 534 g/mol. The normalized spacial score (nSPS) is 11.8. The molecule has 6 heteroatoms. The van der Waals surface area contributed by atoms with Gasteiger partial charge in [0.05, 0.1) is 12.6 Å². The summed E-state index contributed by atoms with van der Waals surface area (Å²) in [7, 11) is 1.62. The number of para-hydroxylation sites is 1. The van der Waals surface area contributed by atoms with Gasteiger partial charge in [0, 0.05) is 39.0 Å². The van der Waals surface area contributed by atoms with Gasteiger partial charge in [0.1, 0.15) is 17.0 Å². The van der Waals surface area contributed by atoms with Gasteiger partial charge in [-0.3, -0.25) is 4.57 Å². The molecule has 6 nitrogen and oxygen atoms in total. The van der Waals surface area contributed by atoms with Crippen LogP contribution < -0.4 is 4.74 Å². The van der Waals surface area contributed by atoms with E-state index in [0.717, 1.165) is 83.1 Å². The number of imidazole rings is 1. The molecule has 0 aliphatic rings. The van der Waals surface area contributed by atoms with E-state index < -0.39 is 0 Å². The maximum atomic E-state index is 6.35. The number of hydrogen-bond acceptors (Lipinski definition) is 5. The van der Waals surface area contributed by atoms with Crippen LogP contribution in [0.2, 0.25) is 0 Å². The van der Waals surface area contributed by atoms with Crippen LogP contribution in [0.15, 0.2) is 130 Å². The lowest BCUT2D eigenvalue weighted by Crippen LogP contribution is -1.97. The smallest absolute Gasteiger partial charge is 0.241 e. The van der Waals surface area contributed by atoms with Gasteiger partial charge in [-0.05, 0) is 59.7 Å². The molecule has 5 aromatic carbocycles. The lowest BCUT2D eigenvalue weighted by Gasteiger charge is -2.11. The largest absolute Gasteiger partial charge is 0.479 e. The molecule has 0 aliphatic carbocycles. The molecule has 4 aromatic heterocycles. The van der Waals surface area contributed by atoms with Crippen molar-refractivity contribution in [1.82, 2.24) is 14.5 Å². The van der Waals surface area contributed by atoms with E-state index in [-0.39, 0.29) is 0 Å². The second kappa shape index (κ2) is 9.06. The number of rotatable bonds is 4. The van der Waals surface area contributed by atoms with Crippen molar-refractivity contribution in [3.63, 3.8) is 0 Å². The molecule has 0 unspecified atom stereocenters. The summed E-state index contributed by atoms with van der Waals surface area (Å²) in [5, 5.41) is 4.26. The highest BCUT2D eigenvalue weighted by Crippen LogP contribution is 2.40. The van der Waals surface area contributed by atoms with Gasteiger partial charge >= 0.3 is 0 Å². The van der Waals surface area contributed by atoms with Crippen LogP contribution in [0.3, 0.4) is 0 Å². The minimum absolute atomic E-state index is 0.505. The van der Waals surface area contributed by atoms with Crippen LogP contribution in [-0.2, 0) is 0 Å². The zero-order valence-electron chi connectivity index (χ0n) is 23.1. The molecule has 0 atom stereocenters. The Balaban J connectivity index is 1.17. The Hall–Kier alpha value is -5.88. The molecule has 0 aliphatic heterocycles. The zero-order chi connectivity index (χ0) is 28.5. The molecule has 0 radical (unpaired) electrons. The van der Waals surface area contributed by atoms with Crippen LogP contribution >= 0.6 is 0 Å². The molecule has 4 heterocycles. The highest BCUT2D eigenvalue weighted by atomic mass is 16.5. The summed E-state index contributed by atoms with van der Waals surface area (Å²) < 4.78 is 20.3. The maximum absolute atomic E-state index is 6.35. The number of hydrogen-bond donors (Lipinski definition) is 0. The second-order valence-corrected chi connectivity index (χ2v) is 10.6. The Morgan fingerprint density at radius 3 is 2.09 bits per heavy atom. The van der Waals surface area contributed by atoms with Crippen molar-refractivity contribution >= 4 is 54.9 Å². The van der Waals surface area contributed by atoms with E-state index in [1.165, 1.54) is 0 Å². The van der Waals surface area contributed by atoms with Crippen LogP contribution in [0, 0.1) is 0 Å². The summed E-state index contributed by atoms with van der Waals surface area (Å²) in [6.45, 7) is 0. The molecule has 0 bridgehead atoms. The van der Waals surface area contributed by atoms with Crippen LogP contribution in [-0.4, -0.2) is 21.6 Å². The van der Waals surface area contributed by atoms with Gasteiger partial charge in [-0.2, -0.15) is 0 Å². The van der Waals surface area contributed by atoms with E-state index in [0.29, 0.717) is 5.88 Å². The fourth-order valence-corrected chi connectivity index (χ4v) is 6.17. The number of furan rings is 2. The number of benzene rings is 5. The van der Waals surface area contributed by atoms with Crippen molar-refractivity contribution in [2.24, 2.45) is 0 Å². The minimum Gasteiger partial charge on any atom is -0.479 e. The molecule has 0 saturated carbocycles. The van der Waals surface area contributed by atoms with Crippen molar-refractivity contribution < 1.29 is 13.6 Å². The first-order chi connectivity index (χ1) is 21.3. The molecule has 0 saturated heterocycles. The maximum Gasteiger partial charge on any atom is 0.241 e. The van der Waals surface area contributed by atoms with Crippen LogP contribution in [0.4, 0.5) is 0 Å². The third-order valence-electron chi connectivity index (χ3n) is 8.21. The van der Waals surface area contributed by atoms with E-state index in [1.807, 2.05) is 48.5 Å². The van der Waals surface area contributed by atoms with Crippen molar-refractivity contribution in [2.75, 3.05) is 7.11 Å². The third kappa shape index (κ3) is 3.53. The van der Waals surface area contributed by atoms with Crippen molar-refractivity contribution in [3.05, 3.63) is 121 Å². The highest BCUT2D eigenvalue weighted by Gasteiger charge is 2.19. The Morgan fingerprint density at radius 1 is 0.605 bits per heavy atom. The first-order valence-electron chi connectivity index (χ1n) is 14.1. The number of pyridine rings is 1. The lowest BCUT2D eigenvalue weighted by atomic mass is 10.0. The van der Waals surface area contributed by atoms with Crippen molar-refractivity contribution in [3.8, 4) is 34.1 Å². The molecule has 0 amide bonds. The molecule has 0 fully saturated rings. The highest BCUT2D eigenvalue weighted by molar-refractivity contribution is 6.19. The molecule has 204 valence electrons. The monoisotopic (exact) mass is 557 g/mol. The standard InChI is InChI=1S/C37H23N3O3/c1-41-37-33-30(19-20-38-37)40(36(39-33)23-7-3-2-4-8-23)25-14-11-22(12-15-25)24-13-18-32-29(21-24)28-17-16-27-26-9-5-6-10-31(26)42-34(27)35(28)43-32/h2-21H,1H3. The molecule has 9 rings (SSSR count). The third-order valence-corrected chi connectivity index (χ3v) is 8.21. The number of ether oxygens (including phenoxy) is 1. The van der Waals surface area contributed by atoms with Crippen molar-refractivity contribution in [2.45, 2.75) is 0 Å². The number of methoxy groups -OCH3 is 1. The van der Waals surface area contributed by atoms with Gasteiger partial charge in [-0.25, -0.2) is 9.97 Å². The van der Waals surface area contributed by atoms with Crippen LogP contribution in [0.25, 0.3) is 83.1 Å². The summed E-state index contributed by atoms with van der Waals surface area (Å²) >= 11 is 0. The summed E-state index contributed by atoms with van der Waals surface area (Å²) in [5.74, 6) is 1.34. The van der Waals surface area contributed by atoms with Gasteiger partial charge in [0.25, 0.3) is 0 Å². The SMILES string of the molecule is COc1nccc2c1nc(-c1ccccc1)n2-c1ccc(-c2ccc3oc4c(ccc5c6ccccc6oc54)c3c2)cc1. The van der Waals surface area contributed by atoms with E-state index >= 15 is 0 Å².